The van der Waals surface area contributed by atoms with Gasteiger partial charge in [0.2, 0.25) is 5.91 Å². The second-order valence-electron chi connectivity index (χ2n) is 7.72. The van der Waals surface area contributed by atoms with E-state index >= 15 is 0 Å². The molecule has 4 rings (SSSR count). The summed E-state index contributed by atoms with van der Waals surface area (Å²) in [4.78, 5) is 24.7. The highest BCUT2D eigenvalue weighted by atomic mass is 16.2. The van der Waals surface area contributed by atoms with Crippen molar-refractivity contribution in [2.75, 3.05) is 11.1 Å². The van der Waals surface area contributed by atoms with Crippen molar-refractivity contribution >= 4 is 23.2 Å². The summed E-state index contributed by atoms with van der Waals surface area (Å²) in [5.74, 6) is -0.268. The first-order valence-electron chi connectivity index (χ1n) is 10.6. The monoisotopic (exact) mass is 439 g/mol. The van der Waals surface area contributed by atoms with Crippen molar-refractivity contribution < 1.29 is 9.59 Å². The third-order valence-corrected chi connectivity index (χ3v) is 5.15. The van der Waals surface area contributed by atoms with Crippen LogP contribution in [0, 0.1) is 0 Å². The van der Waals surface area contributed by atoms with E-state index in [4.69, 9.17) is 5.73 Å². The summed E-state index contributed by atoms with van der Waals surface area (Å²) in [6.07, 6.45) is 3.84. The number of nitrogens with two attached hydrogens (primary N) is 1. The van der Waals surface area contributed by atoms with Gasteiger partial charge in [-0.1, -0.05) is 54.6 Å². The molecule has 2 amide bonds. The number of amides is 2. The zero-order valence-corrected chi connectivity index (χ0v) is 18.1. The number of benzene rings is 3. The zero-order chi connectivity index (χ0) is 23.0. The molecule has 7 nitrogen and oxygen atoms in total. The average molecular weight is 440 g/mol. The minimum Gasteiger partial charge on any atom is -0.397 e. The van der Waals surface area contributed by atoms with Gasteiger partial charge in [-0.3, -0.25) is 14.3 Å². The molecule has 0 unspecified atom stereocenters. The van der Waals surface area contributed by atoms with Gasteiger partial charge in [0.05, 0.1) is 30.5 Å². The molecular formula is C26H25N5O2. The lowest BCUT2D eigenvalue weighted by Gasteiger charge is -2.08. The van der Waals surface area contributed by atoms with Gasteiger partial charge in [0.15, 0.2) is 0 Å². The molecule has 1 heterocycles. The molecule has 0 saturated carbocycles. The second kappa shape index (κ2) is 10.3. The van der Waals surface area contributed by atoms with Crippen molar-refractivity contribution in [1.82, 2.24) is 15.1 Å². The van der Waals surface area contributed by atoms with Crippen LogP contribution in [0.5, 0.6) is 0 Å². The molecule has 0 saturated heterocycles. The number of rotatable bonds is 8. The van der Waals surface area contributed by atoms with Crippen molar-refractivity contribution in [2.24, 2.45) is 0 Å². The smallest absolute Gasteiger partial charge is 0.255 e. The Labute approximate surface area is 192 Å². The molecule has 0 atom stereocenters. The van der Waals surface area contributed by atoms with Gasteiger partial charge in [0.25, 0.3) is 5.91 Å². The van der Waals surface area contributed by atoms with E-state index in [9.17, 15) is 9.59 Å². The summed E-state index contributed by atoms with van der Waals surface area (Å²) in [6, 6.07) is 24.2. The van der Waals surface area contributed by atoms with E-state index < -0.39 is 0 Å². The normalized spacial score (nSPS) is 10.5. The van der Waals surface area contributed by atoms with E-state index in [2.05, 4.69) is 15.7 Å². The predicted octanol–water partition coefficient (Wildman–Crippen LogP) is 3.62. The highest BCUT2D eigenvalue weighted by Crippen LogP contribution is 2.18. The Morgan fingerprint density at radius 1 is 0.848 bits per heavy atom. The summed E-state index contributed by atoms with van der Waals surface area (Å²) in [5, 5.41) is 10.1. The number of aromatic nitrogens is 2. The Balaban J connectivity index is 1.29. The number of hydrogen-bond donors (Lipinski definition) is 3. The van der Waals surface area contributed by atoms with E-state index in [0.29, 0.717) is 30.0 Å². The van der Waals surface area contributed by atoms with Crippen LogP contribution in [0.3, 0.4) is 0 Å². The van der Waals surface area contributed by atoms with E-state index in [1.165, 1.54) is 0 Å². The Kier molecular flexibility index (Phi) is 6.80. The van der Waals surface area contributed by atoms with E-state index in [0.717, 1.165) is 16.7 Å². The number of carbonyl (C=O) groups excluding carboxylic acids is 2. The molecule has 7 heteroatoms. The molecule has 0 fully saturated rings. The molecular weight excluding hydrogens is 414 g/mol. The van der Waals surface area contributed by atoms with Crippen LogP contribution >= 0.6 is 0 Å². The van der Waals surface area contributed by atoms with Gasteiger partial charge in [-0.05, 0) is 41.0 Å². The lowest BCUT2D eigenvalue weighted by molar-refractivity contribution is -0.120. The summed E-state index contributed by atoms with van der Waals surface area (Å²) >= 11 is 0. The number of hydrogen-bond acceptors (Lipinski definition) is 4. The minimum atomic E-state index is -0.220. The maximum absolute atomic E-state index is 12.5. The number of anilines is 2. The van der Waals surface area contributed by atoms with Crippen LogP contribution in [-0.2, 0) is 24.3 Å². The molecule has 0 bridgehead atoms. The van der Waals surface area contributed by atoms with Gasteiger partial charge in [-0.15, -0.1) is 0 Å². The Bertz CT molecular complexity index is 1230. The van der Waals surface area contributed by atoms with Crippen molar-refractivity contribution in [3.05, 3.63) is 114 Å². The maximum atomic E-state index is 12.5. The van der Waals surface area contributed by atoms with Crippen molar-refractivity contribution in [2.45, 2.75) is 19.5 Å². The van der Waals surface area contributed by atoms with E-state index in [-0.39, 0.29) is 18.2 Å². The lowest BCUT2D eigenvalue weighted by atomic mass is 10.1. The first kappa shape index (κ1) is 21.8. The van der Waals surface area contributed by atoms with Gasteiger partial charge >= 0.3 is 0 Å². The molecule has 166 valence electrons. The number of para-hydroxylation sites is 2. The van der Waals surface area contributed by atoms with Gasteiger partial charge in [0, 0.05) is 18.3 Å². The molecule has 33 heavy (non-hydrogen) atoms. The van der Waals surface area contributed by atoms with Gasteiger partial charge in [0.1, 0.15) is 0 Å². The number of nitrogens with zero attached hydrogens (tertiary/aromatic N) is 2. The molecule has 1 aromatic heterocycles. The SMILES string of the molecule is Nc1ccccc1NC(=O)c1ccc(Cn2cc(CC(=O)NCc3ccccc3)cn2)cc1. The first-order valence-corrected chi connectivity index (χ1v) is 10.6. The average Bonchev–Trinajstić information content (AvgIpc) is 3.27. The van der Waals surface area contributed by atoms with Crippen LogP contribution < -0.4 is 16.4 Å². The topological polar surface area (TPSA) is 102 Å². The fraction of sp³-hybridized carbons (Fsp3) is 0.115. The highest BCUT2D eigenvalue weighted by molar-refractivity contribution is 6.05. The Morgan fingerprint density at radius 3 is 2.33 bits per heavy atom. The molecule has 0 radical (unpaired) electrons. The summed E-state index contributed by atoms with van der Waals surface area (Å²) < 4.78 is 1.78. The largest absolute Gasteiger partial charge is 0.397 e. The van der Waals surface area contributed by atoms with Gasteiger partial charge in [-0.25, -0.2) is 0 Å². The van der Waals surface area contributed by atoms with Crippen LogP contribution in [0.2, 0.25) is 0 Å². The summed E-state index contributed by atoms with van der Waals surface area (Å²) in [7, 11) is 0. The van der Waals surface area contributed by atoms with Crippen LogP contribution in [0.4, 0.5) is 11.4 Å². The van der Waals surface area contributed by atoms with Crippen LogP contribution in [-0.4, -0.2) is 21.6 Å². The van der Waals surface area contributed by atoms with Crippen molar-refractivity contribution in [3.63, 3.8) is 0 Å². The maximum Gasteiger partial charge on any atom is 0.255 e. The van der Waals surface area contributed by atoms with Crippen molar-refractivity contribution in [3.8, 4) is 0 Å². The third kappa shape index (κ3) is 6.07. The fourth-order valence-corrected chi connectivity index (χ4v) is 3.38. The van der Waals surface area contributed by atoms with Crippen LogP contribution in [0.15, 0.2) is 91.3 Å². The first-order chi connectivity index (χ1) is 16.1. The lowest BCUT2D eigenvalue weighted by Crippen LogP contribution is -2.24. The molecule has 0 aliphatic heterocycles. The van der Waals surface area contributed by atoms with Gasteiger partial charge < -0.3 is 16.4 Å². The molecule has 0 aliphatic carbocycles. The van der Waals surface area contributed by atoms with E-state index in [1.54, 1.807) is 35.1 Å². The number of nitrogen functional groups attached to an aromatic ring is 1. The van der Waals surface area contributed by atoms with Crippen molar-refractivity contribution in [1.29, 1.82) is 0 Å². The molecule has 0 spiro atoms. The fourth-order valence-electron chi connectivity index (χ4n) is 3.38. The number of nitrogens with one attached hydrogen (secondary N) is 2. The quantitative estimate of drug-likeness (QED) is 0.365. The molecule has 3 aromatic carbocycles. The number of carbonyl (C=O) groups is 2. The Morgan fingerprint density at radius 2 is 1.58 bits per heavy atom. The highest BCUT2D eigenvalue weighted by Gasteiger charge is 2.09. The summed E-state index contributed by atoms with van der Waals surface area (Å²) in [6.45, 7) is 1.05. The Hall–Kier alpha value is -4.39. The van der Waals surface area contributed by atoms with E-state index in [1.807, 2.05) is 60.8 Å². The van der Waals surface area contributed by atoms with Crippen LogP contribution in [0.25, 0.3) is 0 Å². The van der Waals surface area contributed by atoms with Crippen LogP contribution in [0.1, 0.15) is 27.0 Å². The second-order valence-corrected chi connectivity index (χ2v) is 7.72. The predicted molar refractivity (Wildman–Crippen MR) is 129 cm³/mol. The standard InChI is InChI=1S/C26H25N5O2/c27-23-8-4-5-9-24(23)30-26(33)22-12-10-20(11-13-22)17-31-18-21(16-29-31)14-25(32)28-15-19-6-2-1-3-7-19/h1-13,16,18H,14-15,17,27H2,(H,28,32)(H,30,33). The summed E-state index contributed by atoms with van der Waals surface area (Å²) in [5.41, 5.74) is 10.4. The van der Waals surface area contributed by atoms with Gasteiger partial charge in [-0.2, -0.15) is 5.10 Å². The molecule has 0 aliphatic rings. The molecule has 4 N–H and O–H groups in total. The third-order valence-electron chi connectivity index (χ3n) is 5.15. The zero-order valence-electron chi connectivity index (χ0n) is 18.1. The minimum absolute atomic E-state index is 0.0483. The molecule has 4 aromatic rings.